The number of ether oxygens (including phenoxy) is 1. The molecule has 0 saturated carbocycles. The van der Waals surface area contributed by atoms with Gasteiger partial charge in [-0.1, -0.05) is 0 Å². The summed E-state index contributed by atoms with van der Waals surface area (Å²) in [6.45, 7) is 1.23. The molecule has 94 valence electrons. The lowest BCUT2D eigenvalue weighted by Crippen LogP contribution is -2.31. The van der Waals surface area contributed by atoms with Crippen LogP contribution in [-0.4, -0.2) is 36.9 Å². The zero-order valence-corrected chi connectivity index (χ0v) is 10.9. The van der Waals surface area contributed by atoms with Crippen LogP contribution in [0.4, 0.5) is 0 Å². The lowest BCUT2D eigenvalue weighted by atomic mass is 10.1. The highest BCUT2D eigenvalue weighted by Crippen LogP contribution is 2.16. The van der Waals surface area contributed by atoms with E-state index in [0.717, 1.165) is 17.8 Å². The van der Waals surface area contributed by atoms with Gasteiger partial charge in [0, 0.05) is 19.0 Å². The van der Waals surface area contributed by atoms with Gasteiger partial charge < -0.3 is 9.64 Å². The summed E-state index contributed by atoms with van der Waals surface area (Å²) in [6, 6.07) is 6.44. The van der Waals surface area contributed by atoms with Crippen molar-refractivity contribution in [3.05, 3.63) is 21.9 Å². The van der Waals surface area contributed by atoms with E-state index in [1.807, 2.05) is 4.90 Å². The van der Waals surface area contributed by atoms with Gasteiger partial charge in [0.1, 0.15) is 4.88 Å². The fourth-order valence-corrected chi connectivity index (χ4v) is 2.46. The molecule has 0 aromatic carbocycles. The van der Waals surface area contributed by atoms with Crippen LogP contribution in [0.25, 0.3) is 0 Å². The molecule has 0 spiro atoms. The number of carbonyl (C=O) groups is 2. The average molecular weight is 263 g/mol. The number of piperidine rings is 1. The molecule has 0 N–H and O–H groups in total. The minimum Gasteiger partial charge on any atom is -0.465 e. The van der Waals surface area contributed by atoms with Gasteiger partial charge in [-0.15, -0.1) is 11.3 Å². The maximum atomic E-state index is 11.3. The van der Waals surface area contributed by atoms with E-state index in [1.54, 1.807) is 12.1 Å². The van der Waals surface area contributed by atoms with E-state index >= 15 is 0 Å². The third-order valence-corrected chi connectivity index (χ3v) is 3.56. The second kappa shape index (κ2) is 5.69. The molecule has 0 bridgehead atoms. The monoisotopic (exact) mass is 263 g/mol. The molecule has 1 aromatic heterocycles. The van der Waals surface area contributed by atoms with Crippen molar-refractivity contribution in [3.63, 3.8) is 0 Å². The summed E-state index contributed by atoms with van der Waals surface area (Å²) in [5, 5.41) is 0. The third kappa shape index (κ3) is 3.11. The van der Waals surface area contributed by atoms with Gasteiger partial charge in [0.25, 0.3) is 0 Å². The van der Waals surface area contributed by atoms with Crippen molar-refractivity contribution in [2.24, 2.45) is 0 Å². The number of thiophene rings is 1. The summed E-state index contributed by atoms with van der Waals surface area (Å²) in [5.41, 5.74) is 0. The van der Waals surface area contributed by atoms with Crippen LogP contribution in [0.1, 0.15) is 27.4 Å². The van der Waals surface area contributed by atoms with E-state index in [9.17, 15) is 9.59 Å². The Bertz CT molecular complexity index is 524. The van der Waals surface area contributed by atoms with Crippen LogP contribution in [0.5, 0.6) is 0 Å². The standard InChI is InChI=1S/C13H13NO3S/c1-17-13(16)12-5-4-11(18-12)6-8-14-7-2-3-10(15)9-14/h4-5H,2-3,7,9H2,1H3. The van der Waals surface area contributed by atoms with E-state index < -0.39 is 0 Å². The Morgan fingerprint density at radius 3 is 3.06 bits per heavy atom. The van der Waals surface area contributed by atoms with Gasteiger partial charge in [0.05, 0.1) is 18.5 Å². The first-order valence-electron chi connectivity index (χ1n) is 5.65. The van der Waals surface area contributed by atoms with Gasteiger partial charge in [-0.3, -0.25) is 4.79 Å². The predicted octanol–water partition coefficient (Wildman–Crippen LogP) is 1.51. The molecule has 0 unspecified atom stereocenters. The summed E-state index contributed by atoms with van der Waals surface area (Å²) < 4.78 is 4.63. The molecule has 1 fully saturated rings. The Morgan fingerprint density at radius 2 is 2.33 bits per heavy atom. The molecule has 2 rings (SSSR count). The summed E-state index contributed by atoms with van der Waals surface area (Å²) in [6.07, 6.45) is 1.52. The van der Waals surface area contributed by atoms with Crippen LogP contribution in [0.3, 0.4) is 0 Å². The van der Waals surface area contributed by atoms with E-state index in [0.29, 0.717) is 17.8 Å². The van der Waals surface area contributed by atoms with Crippen molar-refractivity contribution in [2.45, 2.75) is 12.8 Å². The fourth-order valence-electron chi connectivity index (χ4n) is 1.68. The second-order valence-electron chi connectivity index (χ2n) is 3.96. The number of carbonyl (C=O) groups excluding carboxylic acids is 2. The largest absolute Gasteiger partial charge is 0.465 e. The Kier molecular flexibility index (Phi) is 4.00. The molecule has 0 aliphatic carbocycles. The van der Waals surface area contributed by atoms with Crippen molar-refractivity contribution >= 4 is 23.1 Å². The van der Waals surface area contributed by atoms with Crippen molar-refractivity contribution in [1.29, 1.82) is 0 Å². The Morgan fingerprint density at radius 1 is 1.50 bits per heavy atom. The van der Waals surface area contributed by atoms with Crippen molar-refractivity contribution in [1.82, 2.24) is 4.90 Å². The number of methoxy groups -OCH3 is 1. The molecular weight excluding hydrogens is 250 g/mol. The molecular formula is C13H13NO3S. The molecule has 1 aliphatic heterocycles. The molecule has 2 heterocycles. The van der Waals surface area contributed by atoms with Crippen molar-refractivity contribution < 1.29 is 14.3 Å². The average Bonchev–Trinajstić information content (AvgIpc) is 2.84. The van der Waals surface area contributed by atoms with Gasteiger partial charge in [-0.2, -0.15) is 0 Å². The summed E-state index contributed by atoms with van der Waals surface area (Å²) in [7, 11) is 1.35. The number of hydrogen-bond acceptors (Lipinski definition) is 5. The highest BCUT2D eigenvalue weighted by Gasteiger charge is 2.13. The fraction of sp³-hybridized carbons (Fsp3) is 0.385. The van der Waals surface area contributed by atoms with Crippen LogP contribution < -0.4 is 0 Å². The highest BCUT2D eigenvalue weighted by atomic mass is 32.1. The number of hydrogen-bond donors (Lipinski definition) is 0. The molecule has 1 aromatic rings. The Hall–Kier alpha value is -1.80. The first-order valence-corrected chi connectivity index (χ1v) is 6.47. The molecule has 1 saturated heterocycles. The molecule has 0 radical (unpaired) electrons. The number of likely N-dealkylation sites (tertiary alicyclic amines) is 1. The van der Waals surface area contributed by atoms with Crippen LogP contribution in [-0.2, 0) is 9.53 Å². The SMILES string of the molecule is COC(=O)c1ccc(C#CN2CCCC(=O)C2)s1. The van der Waals surface area contributed by atoms with Crippen molar-refractivity contribution in [3.8, 4) is 12.0 Å². The van der Waals surface area contributed by atoms with Gasteiger partial charge in [0.2, 0.25) is 0 Å². The first-order chi connectivity index (χ1) is 8.69. The van der Waals surface area contributed by atoms with E-state index in [1.165, 1.54) is 18.4 Å². The molecule has 0 amide bonds. The normalized spacial score (nSPS) is 14.9. The quantitative estimate of drug-likeness (QED) is 0.569. The molecule has 0 atom stereocenters. The Balaban J connectivity index is 2.03. The van der Waals surface area contributed by atoms with Crippen LogP contribution >= 0.6 is 11.3 Å². The maximum Gasteiger partial charge on any atom is 0.348 e. The van der Waals surface area contributed by atoms with Gasteiger partial charge in [0.15, 0.2) is 5.78 Å². The predicted molar refractivity (Wildman–Crippen MR) is 68.4 cm³/mol. The third-order valence-electron chi connectivity index (χ3n) is 2.58. The van der Waals surface area contributed by atoms with E-state index in [4.69, 9.17) is 0 Å². The number of Topliss-reactive ketones (excluding diaryl/α,β-unsaturated/α-hetero) is 1. The molecule has 4 nitrogen and oxygen atoms in total. The lowest BCUT2D eigenvalue weighted by Gasteiger charge is -2.20. The highest BCUT2D eigenvalue weighted by molar-refractivity contribution is 7.14. The molecule has 18 heavy (non-hydrogen) atoms. The minimum atomic E-state index is -0.346. The zero-order valence-electron chi connectivity index (χ0n) is 10.1. The summed E-state index contributed by atoms with van der Waals surface area (Å²) in [4.78, 5) is 25.7. The molecule has 1 aliphatic rings. The van der Waals surface area contributed by atoms with Crippen LogP contribution in [0.2, 0.25) is 0 Å². The summed E-state index contributed by atoms with van der Waals surface area (Å²) >= 11 is 1.30. The lowest BCUT2D eigenvalue weighted by molar-refractivity contribution is -0.121. The number of ketones is 1. The van der Waals surface area contributed by atoms with E-state index in [-0.39, 0.29) is 11.8 Å². The zero-order chi connectivity index (χ0) is 13.0. The number of rotatable bonds is 1. The van der Waals surface area contributed by atoms with Crippen molar-refractivity contribution in [2.75, 3.05) is 20.2 Å². The number of esters is 1. The maximum absolute atomic E-state index is 11.3. The van der Waals surface area contributed by atoms with Gasteiger partial charge in [-0.05, 0) is 24.5 Å². The smallest absolute Gasteiger partial charge is 0.348 e. The van der Waals surface area contributed by atoms with E-state index in [2.05, 4.69) is 16.7 Å². The Labute approximate surface area is 110 Å². The van der Waals surface area contributed by atoms with Crippen LogP contribution in [0, 0.1) is 12.0 Å². The van der Waals surface area contributed by atoms with Crippen LogP contribution in [0.15, 0.2) is 12.1 Å². The summed E-state index contributed by atoms with van der Waals surface area (Å²) in [5.74, 6) is 2.86. The topological polar surface area (TPSA) is 46.6 Å². The molecule has 5 heteroatoms. The second-order valence-corrected chi connectivity index (χ2v) is 5.04. The van der Waals surface area contributed by atoms with Gasteiger partial charge in [-0.25, -0.2) is 4.79 Å². The first kappa shape index (κ1) is 12.7. The van der Waals surface area contributed by atoms with Gasteiger partial charge >= 0.3 is 5.97 Å². The minimum absolute atomic E-state index is 0.233. The number of nitrogens with zero attached hydrogens (tertiary/aromatic N) is 1.